The number of hydrogen-bond acceptors (Lipinski definition) is 6. The van der Waals surface area contributed by atoms with Gasteiger partial charge >= 0.3 is 5.97 Å². The topological polar surface area (TPSA) is 106 Å². The summed E-state index contributed by atoms with van der Waals surface area (Å²) in [7, 11) is 1.40. The number of ether oxygens (including phenoxy) is 2. The molecule has 180 valence electrons. The number of amides is 2. The molecule has 0 spiro atoms. The fraction of sp³-hybridized carbons (Fsp3) is 0.0833. The van der Waals surface area contributed by atoms with Crippen LogP contribution in [-0.2, 0) is 4.79 Å². The third-order valence-electron chi connectivity index (χ3n) is 4.46. The number of esters is 1. The van der Waals surface area contributed by atoms with Crippen molar-refractivity contribution in [2.45, 2.75) is 0 Å². The van der Waals surface area contributed by atoms with Crippen LogP contribution in [0.5, 0.6) is 11.5 Å². The minimum atomic E-state index is -0.693. The molecule has 0 aliphatic carbocycles. The van der Waals surface area contributed by atoms with Gasteiger partial charge in [0.1, 0.15) is 5.82 Å². The van der Waals surface area contributed by atoms with Gasteiger partial charge < -0.3 is 14.8 Å². The van der Waals surface area contributed by atoms with Gasteiger partial charge in [0.05, 0.1) is 30.5 Å². The van der Waals surface area contributed by atoms with Gasteiger partial charge in [-0.3, -0.25) is 9.59 Å². The maximum Gasteiger partial charge on any atom is 0.345 e. The van der Waals surface area contributed by atoms with E-state index >= 15 is 0 Å². The highest BCUT2D eigenvalue weighted by molar-refractivity contribution is 6.36. The quantitative estimate of drug-likeness (QED) is 0.201. The standard InChI is InChI=1S/C24H18Cl2FN3O5/c1-34-21-10-14(2-9-20(21)35-24(33)18-8-5-16(25)11-19(18)26)12-29-30-22(31)13-28-23(32)15-3-6-17(27)7-4-15/h2-12H,13H2,1H3,(H,28,32)(H,30,31). The van der Waals surface area contributed by atoms with Gasteiger partial charge in [0.25, 0.3) is 11.8 Å². The summed E-state index contributed by atoms with van der Waals surface area (Å²) in [6, 6.07) is 13.9. The van der Waals surface area contributed by atoms with E-state index in [2.05, 4.69) is 15.8 Å². The first-order valence-corrected chi connectivity index (χ1v) is 10.7. The number of hydrogen-bond donors (Lipinski definition) is 2. The Labute approximate surface area is 209 Å². The number of carbonyl (C=O) groups excluding carboxylic acids is 3. The summed E-state index contributed by atoms with van der Waals surface area (Å²) in [5, 5.41) is 6.75. The van der Waals surface area contributed by atoms with Crippen molar-refractivity contribution in [2.24, 2.45) is 5.10 Å². The molecule has 0 atom stereocenters. The maximum atomic E-state index is 12.9. The van der Waals surface area contributed by atoms with Crippen molar-refractivity contribution in [3.05, 3.63) is 93.2 Å². The van der Waals surface area contributed by atoms with Crippen molar-refractivity contribution >= 4 is 47.2 Å². The second-order valence-electron chi connectivity index (χ2n) is 6.91. The summed E-state index contributed by atoms with van der Waals surface area (Å²) in [6.07, 6.45) is 1.34. The maximum absolute atomic E-state index is 12.9. The Morgan fingerprint density at radius 1 is 1.00 bits per heavy atom. The van der Waals surface area contributed by atoms with Gasteiger partial charge in [0, 0.05) is 10.6 Å². The van der Waals surface area contributed by atoms with Gasteiger partial charge in [0.15, 0.2) is 11.5 Å². The number of nitrogens with one attached hydrogen (secondary N) is 2. The third kappa shape index (κ3) is 7.26. The lowest BCUT2D eigenvalue weighted by atomic mass is 10.2. The molecule has 0 aliphatic heterocycles. The number of hydrazone groups is 1. The van der Waals surface area contributed by atoms with Gasteiger partial charge in [-0.1, -0.05) is 23.2 Å². The van der Waals surface area contributed by atoms with Crippen molar-refractivity contribution in [1.29, 1.82) is 0 Å². The van der Waals surface area contributed by atoms with Gasteiger partial charge in [-0.2, -0.15) is 5.10 Å². The summed E-state index contributed by atoms with van der Waals surface area (Å²) < 4.78 is 23.5. The molecular formula is C24H18Cl2FN3O5. The minimum absolute atomic E-state index is 0.137. The lowest BCUT2D eigenvalue weighted by Crippen LogP contribution is -2.34. The highest BCUT2D eigenvalue weighted by Gasteiger charge is 2.16. The van der Waals surface area contributed by atoms with Crippen LogP contribution in [0.25, 0.3) is 0 Å². The molecule has 11 heteroatoms. The van der Waals surface area contributed by atoms with Crippen LogP contribution in [0.15, 0.2) is 65.8 Å². The zero-order chi connectivity index (χ0) is 25.4. The van der Waals surface area contributed by atoms with Crippen LogP contribution in [0.2, 0.25) is 10.0 Å². The van der Waals surface area contributed by atoms with Crippen LogP contribution in [0.1, 0.15) is 26.3 Å². The number of benzene rings is 3. The molecule has 0 aromatic heterocycles. The van der Waals surface area contributed by atoms with E-state index in [1.807, 2.05) is 0 Å². The second-order valence-corrected chi connectivity index (χ2v) is 7.75. The Morgan fingerprint density at radius 3 is 2.43 bits per heavy atom. The van der Waals surface area contributed by atoms with Crippen LogP contribution >= 0.6 is 23.2 Å². The van der Waals surface area contributed by atoms with Gasteiger partial charge in [-0.25, -0.2) is 14.6 Å². The van der Waals surface area contributed by atoms with Crippen LogP contribution < -0.4 is 20.2 Å². The van der Waals surface area contributed by atoms with E-state index in [9.17, 15) is 18.8 Å². The van der Waals surface area contributed by atoms with E-state index in [-0.39, 0.29) is 34.2 Å². The Balaban J connectivity index is 1.55. The molecule has 3 aromatic rings. The summed E-state index contributed by atoms with van der Waals surface area (Å²) in [4.78, 5) is 36.3. The van der Waals surface area contributed by atoms with Crippen molar-refractivity contribution in [3.8, 4) is 11.5 Å². The first-order chi connectivity index (χ1) is 16.8. The number of rotatable bonds is 8. The van der Waals surface area contributed by atoms with E-state index in [0.717, 1.165) is 12.1 Å². The molecule has 0 saturated carbocycles. The Kier molecular flexibility index (Phi) is 8.77. The first-order valence-electron chi connectivity index (χ1n) is 9.97. The molecule has 0 heterocycles. The van der Waals surface area contributed by atoms with Crippen molar-refractivity contribution < 1.29 is 28.2 Å². The lowest BCUT2D eigenvalue weighted by molar-refractivity contribution is -0.120. The molecule has 3 aromatic carbocycles. The summed E-state index contributed by atoms with van der Waals surface area (Å²) in [5.74, 6) is -1.88. The summed E-state index contributed by atoms with van der Waals surface area (Å²) in [6.45, 7) is -0.334. The van der Waals surface area contributed by atoms with E-state index < -0.39 is 23.6 Å². The Morgan fingerprint density at radius 2 is 1.74 bits per heavy atom. The zero-order valence-corrected chi connectivity index (χ0v) is 19.7. The highest BCUT2D eigenvalue weighted by Crippen LogP contribution is 2.29. The zero-order valence-electron chi connectivity index (χ0n) is 18.2. The van der Waals surface area contributed by atoms with Crippen LogP contribution in [-0.4, -0.2) is 37.7 Å². The van der Waals surface area contributed by atoms with E-state index in [4.69, 9.17) is 32.7 Å². The van der Waals surface area contributed by atoms with Crippen LogP contribution in [0.3, 0.4) is 0 Å². The molecule has 0 bridgehead atoms. The number of nitrogens with zero attached hydrogens (tertiary/aromatic N) is 1. The highest BCUT2D eigenvalue weighted by atomic mass is 35.5. The largest absolute Gasteiger partial charge is 0.493 e. The molecular weight excluding hydrogens is 500 g/mol. The van der Waals surface area contributed by atoms with Crippen molar-refractivity contribution in [2.75, 3.05) is 13.7 Å². The van der Waals surface area contributed by atoms with Crippen LogP contribution in [0, 0.1) is 5.82 Å². The first kappa shape index (κ1) is 25.7. The normalized spacial score (nSPS) is 10.6. The molecule has 0 saturated heterocycles. The van der Waals surface area contributed by atoms with E-state index in [0.29, 0.717) is 10.6 Å². The molecule has 8 nitrogen and oxygen atoms in total. The molecule has 0 aliphatic rings. The Bertz CT molecular complexity index is 1280. The fourth-order valence-corrected chi connectivity index (χ4v) is 3.23. The lowest BCUT2D eigenvalue weighted by Gasteiger charge is -2.10. The number of methoxy groups -OCH3 is 1. The SMILES string of the molecule is COc1cc(C=NNC(=O)CNC(=O)c2ccc(F)cc2)ccc1OC(=O)c1ccc(Cl)cc1Cl. The summed E-state index contributed by atoms with van der Waals surface area (Å²) in [5.41, 5.74) is 3.15. The molecule has 0 radical (unpaired) electrons. The average Bonchev–Trinajstić information content (AvgIpc) is 2.83. The molecule has 2 amide bonds. The Hall–Kier alpha value is -3.95. The molecule has 0 unspecified atom stereocenters. The molecule has 3 rings (SSSR count). The van der Waals surface area contributed by atoms with Crippen LogP contribution in [0.4, 0.5) is 4.39 Å². The predicted molar refractivity (Wildman–Crippen MR) is 129 cm³/mol. The fourth-order valence-electron chi connectivity index (χ4n) is 2.74. The summed E-state index contributed by atoms with van der Waals surface area (Å²) >= 11 is 11.9. The molecule has 0 fully saturated rings. The second kappa shape index (κ2) is 12.0. The third-order valence-corrected chi connectivity index (χ3v) is 5.01. The minimum Gasteiger partial charge on any atom is -0.493 e. The predicted octanol–water partition coefficient (Wildman–Crippen LogP) is 4.24. The van der Waals surface area contributed by atoms with E-state index in [1.165, 1.54) is 55.8 Å². The number of halogens is 3. The van der Waals surface area contributed by atoms with Gasteiger partial charge in [0.2, 0.25) is 0 Å². The smallest absolute Gasteiger partial charge is 0.345 e. The monoisotopic (exact) mass is 517 g/mol. The van der Waals surface area contributed by atoms with Crippen molar-refractivity contribution in [3.63, 3.8) is 0 Å². The molecule has 2 N–H and O–H groups in total. The average molecular weight is 518 g/mol. The van der Waals surface area contributed by atoms with Gasteiger partial charge in [-0.05, 0) is 66.2 Å². The van der Waals surface area contributed by atoms with E-state index in [1.54, 1.807) is 6.07 Å². The number of carbonyl (C=O) groups is 3. The van der Waals surface area contributed by atoms with Gasteiger partial charge in [-0.15, -0.1) is 0 Å². The molecule has 35 heavy (non-hydrogen) atoms. The van der Waals surface area contributed by atoms with Crippen molar-refractivity contribution in [1.82, 2.24) is 10.7 Å².